The molecular weight excluding hydrogens is 376 g/mol. The SMILES string of the molecule is CC(C)(C)NC(=O)c1sc2c(NC(=O)c3cccs3)cccc2c1Cl. The van der Waals surface area contributed by atoms with Crippen molar-refractivity contribution >= 4 is 61.9 Å². The van der Waals surface area contributed by atoms with Gasteiger partial charge in [0.25, 0.3) is 11.8 Å². The predicted molar refractivity (Wildman–Crippen MR) is 106 cm³/mol. The van der Waals surface area contributed by atoms with Crippen LogP contribution in [0.3, 0.4) is 0 Å². The van der Waals surface area contributed by atoms with Gasteiger partial charge in [0.1, 0.15) is 4.88 Å². The van der Waals surface area contributed by atoms with Gasteiger partial charge in [-0.25, -0.2) is 0 Å². The van der Waals surface area contributed by atoms with Gasteiger partial charge >= 0.3 is 0 Å². The first-order chi connectivity index (χ1) is 11.8. The Morgan fingerprint density at radius 3 is 2.48 bits per heavy atom. The zero-order chi connectivity index (χ0) is 18.2. The molecule has 0 radical (unpaired) electrons. The monoisotopic (exact) mass is 392 g/mol. The van der Waals surface area contributed by atoms with Crippen LogP contribution in [-0.2, 0) is 0 Å². The van der Waals surface area contributed by atoms with Crippen LogP contribution in [-0.4, -0.2) is 17.4 Å². The zero-order valence-electron chi connectivity index (χ0n) is 14.0. The lowest BCUT2D eigenvalue weighted by atomic mass is 10.1. The standard InChI is InChI=1S/C18H17ClN2O2S2/c1-18(2,3)21-17(23)15-13(19)10-6-4-7-11(14(10)25-15)20-16(22)12-8-5-9-24-12/h4-9H,1-3H3,(H,20,22)(H,21,23). The van der Waals surface area contributed by atoms with Crippen molar-refractivity contribution in [2.45, 2.75) is 26.3 Å². The van der Waals surface area contributed by atoms with Crippen LogP contribution in [0, 0.1) is 0 Å². The third-order valence-electron chi connectivity index (χ3n) is 3.34. The van der Waals surface area contributed by atoms with E-state index in [9.17, 15) is 9.59 Å². The minimum absolute atomic E-state index is 0.173. The molecule has 25 heavy (non-hydrogen) atoms. The summed E-state index contributed by atoms with van der Waals surface area (Å²) >= 11 is 9.09. The van der Waals surface area contributed by atoms with Crippen molar-refractivity contribution in [3.05, 3.63) is 50.5 Å². The van der Waals surface area contributed by atoms with Crippen LogP contribution >= 0.6 is 34.3 Å². The van der Waals surface area contributed by atoms with Gasteiger partial charge in [0.05, 0.1) is 20.3 Å². The highest BCUT2D eigenvalue weighted by Gasteiger charge is 2.22. The number of rotatable bonds is 3. The Labute approximate surface area is 158 Å². The van der Waals surface area contributed by atoms with E-state index in [4.69, 9.17) is 11.6 Å². The van der Waals surface area contributed by atoms with Crippen LogP contribution in [0.25, 0.3) is 10.1 Å². The molecule has 0 fully saturated rings. The molecule has 0 saturated carbocycles. The second-order valence-electron chi connectivity index (χ2n) is 6.56. The Hall–Kier alpha value is -1.89. The lowest BCUT2D eigenvalue weighted by Gasteiger charge is -2.19. The van der Waals surface area contributed by atoms with Crippen molar-refractivity contribution in [1.29, 1.82) is 0 Å². The molecule has 130 valence electrons. The molecule has 0 aliphatic carbocycles. The van der Waals surface area contributed by atoms with E-state index < -0.39 is 0 Å². The molecule has 0 aliphatic rings. The molecule has 0 aliphatic heterocycles. The van der Waals surface area contributed by atoms with Crippen molar-refractivity contribution in [3.8, 4) is 0 Å². The van der Waals surface area contributed by atoms with Gasteiger partial charge in [-0.3, -0.25) is 9.59 Å². The molecular formula is C18H17ClN2O2S2. The molecule has 2 amide bonds. The van der Waals surface area contributed by atoms with Gasteiger partial charge in [-0.1, -0.05) is 29.8 Å². The molecule has 0 atom stereocenters. The van der Waals surface area contributed by atoms with Crippen molar-refractivity contribution < 1.29 is 9.59 Å². The predicted octanol–water partition coefficient (Wildman–Crippen LogP) is 5.40. The third-order valence-corrected chi connectivity index (χ3v) is 5.95. The molecule has 2 aromatic heterocycles. The second-order valence-corrected chi connectivity index (χ2v) is 8.91. The molecule has 3 rings (SSSR count). The molecule has 2 N–H and O–H groups in total. The van der Waals surface area contributed by atoms with Crippen LogP contribution in [0.5, 0.6) is 0 Å². The van der Waals surface area contributed by atoms with Crippen molar-refractivity contribution in [3.63, 3.8) is 0 Å². The van der Waals surface area contributed by atoms with Crippen molar-refractivity contribution in [2.75, 3.05) is 5.32 Å². The van der Waals surface area contributed by atoms with Crippen LogP contribution < -0.4 is 10.6 Å². The summed E-state index contributed by atoms with van der Waals surface area (Å²) in [5, 5.41) is 8.85. The Balaban J connectivity index is 1.97. The summed E-state index contributed by atoms with van der Waals surface area (Å²) in [7, 11) is 0. The second kappa shape index (κ2) is 6.78. The molecule has 1 aromatic carbocycles. The van der Waals surface area contributed by atoms with Crippen LogP contribution in [0.1, 0.15) is 40.1 Å². The van der Waals surface area contributed by atoms with Crippen molar-refractivity contribution in [2.24, 2.45) is 0 Å². The number of halogens is 1. The molecule has 2 heterocycles. The molecule has 0 bridgehead atoms. The van der Waals surface area contributed by atoms with Gasteiger partial charge < -0.3 is 10.6 Å². The minimum Gasteiger partial charge on any atom is -0.347 e. The first-order valence-corrected chi connectivity index (χ1v) is 9.72. The fraction of sp³-hybridized carbons (Fsp3) is 0.222. The Kier molecular flexibility index (Phi) is 4.86. The Morgan fingerprint density at radius 1 is 1.08 bits per heavy atom. The number of nitrogens with one attached hydrogen (secondary N) is 2. The minimum atomic E-state index is -0.354. The highest BCUT2D eigenvalue weighted by atomic mass is 35.5. The average Bonchev–Trinajstić information content (AvgIpc) is 3.15. The first kappa shape index (κ1) is 17.9. The maximum atomic E-state index is 12.5. The van der Waals surface area contributed by atoms with Crippen molar-refractivity contribution in [1.82, 2.24) is 5.32 Å². The van der Waals surface area contributed by atoms with E-state index in [0.29, 0.717) is 20.5 Å². The number of anilines is 1. The maximum Gasteiger partial charge on any atom is 0.265 e. The highest BCUT2D eigenvalue weighted by Crippen LogP contribution is 2.39. The topological polar surface area (TPSA) is 58.2 Å². The number of thiophene rings is 2. The van der Waals surface area contributed by atoms with Gasteiger partial charge in [0, 0.05) is 10.9 Å². The van der Waals surface area contributed by atoms with E-state index in [-0.39, 0.29) is 17.4 Å². The van der Waals surface area contributed by atoms with Gasteiger partial charge in [-0.2, -0.15) is 0 Å². The average molecular weight is 393 g/mol. The first-order valence-electron chi connectivity index (χ1n) is 7.64. The highest BCUT2D eigenvalue weighted by molar-refractivity contribution is 7.22. The van der Waals surface area contributed by atoms with E-state index >= 15 is 0 Å². The summed E-state index contributed by atoms with van der Waals surface area (Å²) in [6.45, 7) is 5.75. The summed E-state index contributed by atoms with van der Waals surface area (Å²) in [5.41, 5.74) is 0.296. The number of hydrogen-bond acceptors (Lipinski definition) is 4. The number of carbonyl (C=O) groups excluding carboxylic acids is 2. The molecule has 3 aromatic rings. The normalized spacial score (nSPS) is 11.5. The van der Waals surface area contributed by atoms with Gasteiger partial charge in [-0.15, -0.1) is 22.7 Å². The Morgan fingerprint density at radius 2 is 1.84 bits per heavy atom. The van der Waals surface area contributed by atoms with E-state index in [1.54, 1.807) is 6.07 Å². The quantitative estimate of drug-likeness (QED) is 0.627. The number of amides is 2. The van der Waals surface area contributed by atoms with Crippen LogP contribution in [0.2, 0.25) is 5.02 Å². The van der Waals surface area contributed by atoms with E-state index in [0.717, 1.165) is 10.1 Å². The van der Waals surface area contributed by atoms with Gasteiger partial charge in [-0.05, 0) is 38.3 Å². The van der Waals surface area contributed by atoms with Crippen LogP contribution in [0.15, 0.2) is 35.7 Å². The maximum absolute atomic E-state index is 12.5. The Bertz CT molecular complexity index is 940. The summed E-state index contributed by atoms with van der Waals surface area (Å²) in [6, 6.07) is 9.08. The van der Waals surface area contributed by atoms with E-state index in [1.807, 2.05) is 50.4 Å². The fourth-order valence-electron chi connectivity index (χ4n) is 2.32. The number of benzene rings is 1. The van der Waals surface area contributed by atoms with E-state index in [2.05, 4.69) is 10.6 Å². The molecule has 0 spiro atoms. The van der Waals surface area contributed by atoms with Crippen LogP contribution in [0.4, 0.5) is 5.69 Å². The summed E-state index contributed by atoms with van der Waals surface area (Å²) in [5.74, 6) is -0.387. The number of fused-ring (bicyclic) bond motifs is 1. The fourth-order valence-corrected chi connectivity index (χ4v) is 4.41. The zero-order valence-corrected chi connectivity index (χ0v) is 16.4. The summed E-state index contributed by atoms with van der Waals surface area (Å²) in [4.78, 5) is 25.9. The summed E-state index contributed by atoms with van der Waals surface area (Å²) in [6.07, 6.45) is 0. The van der Waals surface area contributed by atoms with E-state index in [1.165, 1.54) is 22.7 Å². The summed E-state index contributed by atoms with van der Waals surface area (Å²) < 4.78 is 0.788. The third kappa shape index (κ3) is 3.86. The molecule has 7 heteroatoms. The van der Waals surface area contributed by atoms with Gasteiger partial charge in [0.2, 0.25) is 0 Å². The largest absolute Gasteiger partial charge is 0.347 e. The lowest BCUT2D eigenvalue weighted by Crippen LogP contribution is -2.40. The van der Waals surface area contributed by atoms with Gasteiger partial charge in [0.15, 0.2) is 0 Å². The smallest absolute Gasteiger partial charge is 0.265 e. The lowest BCUT2D eigenvalue weighted by molar-refractivity contribution is 0.0923. The molecule has 0 unspecified atom stereocenters. The number of carbonyl (C=O) groups is 2. The number of hydrogen-bond donors (Lipinski definition) is 2. The molecule has 4 nitrogen and oxygen atoms in total. The molecule has 0 saturated heterocycles.